The molecule has 4 nitrogen and oxygen atoms in total. The Kier molecular flexibility index (Phi) is 10.0. The summed E-state index contributed by atoms with van der Waals surface area (Å²) in [6, 6.07) is 20.3. The van der Waals surface area contributed by atoms with Crippen molar-refractivity contribution >= 4 is 17.3 Å². The normalized spacial score (nSPS) is 10.5. The summed E-state index contributed by atoms with van der Waals surface area (Å²) in [5.74, 6) is 0.850. The Morgan fingerprint density at radius 2 is 1.45 bits per heavy atom. The molecule has 172 valence electrons. The molecule has 33 heavy (non-hydrogen) atoms. The Labute approximate surface area is 200 Å². The monoisotopic (exact) mass is 461 g/mol. The standard InChI is InChI=1S/C28H31NO3S/c1-2-3-4-5-6-7-8-9-20-31-24-14-12-23(13-15-24)28(30)32-25-16-10-22(11-17-25)27-19-18-26(21-29)33-27/h10-19H,2-9,20H2,1H3. The van der Waals surface area contributed by atoms with E-state index in [1.165, 1.54) is 56.3 Å². The van der Waals surface area contributed by atoms with Gasteiger partial charge in [0.2, 0.25) is 0 Å². The maximum atomic E-state index is 12.5. The van der Waals surface area contributed by atoms with Crippen LogP contribution in [0.1, 0.15) is 73.5 Å². The van der Waals surface area contributed by atoms with Crippen LogP contribution in [0.3, 0.4) is 0 Å². The van der Waals surface area contributed by atoms with Crippen LogP contribution in [0.25, 0.3) is 10.4 Å². The molecule has 3 rings (SSSR count). The van der Waals surface area contributed by atoms with Crippen molar-refractivity contribution in [2.24, 2.45) is 0 Å². The first-order chi connectivity index (χ1) is 16.2. The first kappa shape index (κ1) is 24.5. The summed E-state index contributed by atoms with van der Waals surface area (Å²) in [7, 11) is 0. The highest BCUT2D eigenvalue weighted by Gasteiger charge is 2.10. The maximum absolute atomic E-state index is 12.5. The van der Waals surface area contributed by atoms with Crippen LogP contribution in [0.15, 0.2) is 60.7 Å². The topological polar surface area (TPSA) is 59.3 Å². The molecule has 2 aromatic carbocycles. The molecule has 0 saturated heterocycles. The van der Waals surface area contributed by atoms with E-state index in [1.807, 2.05) is 30.3 Å². The number of unbranched alkanes of at least 4 members (excludes halogenated alkanes) is 7. The first-order valence-electron chi connectivity index (χ1n) is 11.7. The van der Waals surface area contributed by atoms with Gasteiger partial charge in [-0.3, -0.25) is 0 Å². The van der Waals surface area contributed by atoms with E-state index in [0.29, 0.717) is 22.8 Å². The molecule has 3 aromatic rings. The third kappa shape index (κ3) is 8.07. The molecule has 0 fully saturated rings. The predicted molar refractivity (Wildman–Crippen MR) is 134 cm³/mol. The zero-order valence-corrected chi connectivity index (χ0v) is 20.0. The Hall–Kier alpha value is -3.10. The largest absolute Gasteiger partial charge is 0.494 e. The third-order valence-electron chi connectivity index (χ3n) is 5.42. The number of hydrogen-bond acceptors (Lipinski definition) is 5. The van der Waals surface area contributed by atoms with Crippen molar-refractivity contribution in [1.29, 1.82) is 5.26 Å². The summed E-state index contributed by atoms with van der Waals surface area (Å²) in [6.45, 7) is 2.94. The summed E-state index contributed by atoms with van der Waals surface area (Å²) in [4.78, 5) is 14.1. The van der Waals surface area contributed by atoms with Gasteiger partial charge in [-0.05, 0) is 72.6 Å². The summed E-state index contributed by atoms with van der Waals surface area (Å²) < 4.78 is 11.3. The Morgan fingerprint density at radius 1 is 0.818 bits per heavy atom. The Bertz CT molecular complexity index is 1030. The molecule has 0 N–H and O–H groups in total. The highest BCUT2D eigenvalue weighted by molar-refractivity contribution is 7.16. The molecule has 0 aliphatic heterocycles. The van der Waals surface area contributed by atoms with E-state index in [4.69, 9.17) is 14.7 Å². The van der Waals surface area contributed by atoms with E-state index < -0.39 is 5.97 Å². The number of benzene rings is 2. The number of esters is 1. The lowest BCUT2D eigenvalue weighted by atomic mass is 10.1. The fraction of sp³-hybridized carbons (Fsp3) is 0.357. The molecule has 0 radical (unpaired) electrons. The van der Waals surface area contributed by atoms with E-state index in [0.717, 1.165) is 22.6 Å². The number of hydrogen-bond donors (Lipinski definition) is 0. The average molecular weight is 462 g/mol. The average Bonchev–Trinajstić information content (AvgIpc) is 3.33. The molecule has 0 saturated carbocycles. The van der Waals surface area contributed by atoms with Crippen molar-refractivity contribution in [3.63, 3.8) is 0 Å². The Balaban J connectivity index is 1.39. The van der Waals surface area contributed by atoms with Crippen LogP contribution in [0.4, 0.5) is 0 Å². The SMILES string of the molecule is CCCCCCCCCCOc1ccc(C(=O)Oc2ccc(-c3ccc(C#N)s3)cc2)cc1. The molecule has 0 spiro atoms. The number of nitriles is 1. The third-order valence-corrected chi connectivity index (χ3v) is 6.46. The highest BCUT2D eigenvalue weighted by atomic mass is 32.1. The second-order valence-corrected chi connectivity index (χ2v) is 9.12. The van der Waals surface area contributed by atoms with Gasteiger partial charge in [0.15, 0.2) is 0 Å². The summed E-state index contributed by atoms with van der Waals surface area (Å²) in [6.07, 6.45) is 10.2. The van der Waals surface area contributed by atoms with Gasteiger partial charge in [-0.1, -0.05) is 51.9 Å². The van der Waals surface area contributed by atoms with Crippen molar-refractivity contribution in [2.45, 2.75) is 58.3 Å². The molecular weight excluding hydrogens is 430 g/mol. The van der Waals surface area contributed by atoms with Crippen molar-refractivity contribution in [3.05, 3.63) is 71.1 Å². The van der Waals surface area contributed by atoms with Crippen molar-refractivity contribution < 1.29 is 14.3 Å². The number of thiophene rings is 1. The molecular formula is C28H31NO3S. The van der Waals surface area contributed by atoms with Crippen LogP contribution < -0.4 is 9.47 Å². The molecule has 1 heterocycles. The van der Waals surface area contributed by atoms with Gasteiger partial charge >= 0.3 is 5.97 Å². The van der Waals surface area contributed by atoms with Gasteiger partial charge < -0.3 is 9.47 Å². The van der Waals surface area contributed by atoms with Gasteiger partial charge in [-0.15, -0.1) is 11.3 Å². The quantitative estimate of drug-likeness (QED) is 0.147. The van der Waals surface area contributed by atoms with E-state index in [9.17, 15) is 4.79 Å². The van der Waals surface area contributed by atoms with E-state index >= 15 is 0 Å². The van der Waals surface area contributed by atoms with Crippen molar-refractivity contribution in [2.75, 3.05) is 6.61 Å². The zero-order valence-electron chi connectivity index (χ0n) is 19.2. The van der Waals surface area contributed by atoms with Crippen LogP contribution in [0.2, 0.25) is 0 Å². The molecule has 0 aliphatic rings. The molecule has 0 atom stereocenters. The predicted octanol–water partition coefficient (Wildman–Crippen LogP) is 8.03. The van der Waals surface area contributed by atoms with Gasteiger partial charge in [0.1, 0.15) is 22.4 Å². The van der Waals surface area contributed by atoms with Gasteiger partial charge in [-0.2, -0.15) is 5.26 Å². The van der Waals surface area contributed by atoms with Crippen LogP contribution in [-0.2, 0) is 0 Å². The van der Waals surface area contributed by atoms with Crippen molar-refractivity contribution in [3.8, 4) is 28.0 Å². The minimum Gasteiger partial charge on any atom is -0.494 e. The van der Waals surface area contributed by atoms with Gasteiger partial charge in [0.25, 0.3) is 0 Å². The molecule has 0 unspecified atom stereocenters. The van der Waals surface area contributed by atoms with E-state index in [2.05, 4.69) is 13.0 Å². The number of rotatable bonds is 13. The summed E-state index contributed by atoms with van der Waals surface area (Å²) >= 11 is 1.44. The van der Waals surface area contributed by atoms with Gasteiger partial charge in [0.05, 0.1) is 12.2 Å². The molecule has 0 bridgehead atoms. The zero-order chi connectivity index (χ0) is 23.3. The number of carbonyl (C=O) groups is 1. The smallest absolute Gasteiger partial charge is 0.343 e. The number of carbonyl (C=O) groups excluding carboxylic acids is 1. The van der Waals surface area contributed by atoms with Crippen LogP contribution in [0.5, 0.6) is 11.5 Å². The lowest BCUT2D eigenvalue weighted by Crippen LogP contribution is -2.08. The Morgan fingerprint density at radius 3 is 2.09 bits per heavy atom. The van der Waals surface area contributed by atoms with Gasteiger partial charge in [-0.25, -0.2) is 4.79 Å². The summed E-state index contributed by atoms with van der Waals surface area (Å²) in [5, 5.41) is 8.97. The molecule has 0 aliphatic carbocycles. The first-order valence-corrected chi connectivity index (χ1v) is 12.6. The minimum atomic E-state index is -0.403. The highest BCUT2D eigenvalue weighted by Crippen LogP contribution is 2.29. The van der Waals surface area contributed by atoms with Crippen LogP contribution in [-0.4, -0.2) is 12.6 Å². The number of ether oxygens (including phenoxy) is 2. The molecule has 0 amide bonds. The van der Waals surface area contributed by atoms with Crippen LogP contribution >= 0.6 is 11.3 Å². The van der Waals surface area contributed by atoms with Gasteiger partial charge in [0, 0.05) is 4.88 Å². The van der Waals surface area contributed by atoms with E-state index in [1.54, 1.807) is 30.3 Å². The molecule has 5 heteroatoms. The minimum absolute atomic E-state index is 0.403. The lowest BCUT2D eigenvalue weighted by Gasteiger charge is -2.08. The second-order valence-electron chi connectivity index (χ2n) is 8.04. The van der Waals surface area contributed by atoms with E-state index in [-0.39, 0.29) is 0 Å². The maximum Gasteiger partial charge on any atom is 0.343 e. The molecule has 1 aromatic heterocycles. The number of nitrogens with zero attached hydrogens (tertiary/aromatic N) is 1. The van der Waals surface area contributed by atoms with Crippen molar-refractivity contribution in [1.82, 2.24) is 0 Å². The summed E-state index contributed by atoms with van der Waals surface area (Å²) in [5.41, 5.74) is 1.47. The van der Waals surface area contributed by atoms with Crippen LogP contribution in [0, 0.1) is 11.3 Å². The lowest BCUT2D eigenvalue weighted by molar-refractivity contribution is 0.0734. The fourth-order valence-corrected chi connectivity index (χ4v) is 4.33. The fourth-order valence-electron chi connectivity index (χ4n) is 3.52. The second kappa shape index (κ2) is 13.4.